The third-order valence-electron chi connectivity index (χ3n) is 3.85. The van der Waals surface area contributed by atoms with Crippen molar-refractivity contribution in [2.24, 2.45) is 5.92 Å². The SMILES string of the molecule is CNCC(C)C(=O)Nc1cc(C(=O)OC)ccc1OCc1ccccc1. The maximum atomic E-state index is 12.4. The number of anilines is 1. The van der Waals surface area contributed by atoms with Crippen molar-refractivity contribution in [3.8, 4) is 5.75 Å². The Balaban J connectivity index is 2.22. The van der Waals surface area contributed by atoms with Crippen molar-refractivity contribution in [1.82, 2.24) is 5.32 Å². The molecule has 0 aliphatic rings. The lowest BCUT2D eigenvalue weighted by atomic mass is 10.1. The fourth-order valence-electron chi connectivity index (χ4n) is 2.39. The van der Waals surface area contributed by atoms with E-state index in [1.807, 2.05) is 37.3 Å². The lowest BCUT2D eigenvalue weighted by Gasteiger charge is -2.16. The number of amides is 1. The molecule has 0 saturated heterocycles. The van der Waals surface area contributed by atoms with Crippen molar-refractivity contribution < 1.29 is 19.1 Å². The minimum atomic E-state index is -0.474. The van der Waals surface area contributed by atoms with Crippen LogP contribution in [0.2, 0.25) is 0 Å². The molecule has 2 aromatic rings. The zero-order valence-electron chi connectivity index (χ0n) is 15.2. The molecule has 1 amide bonds. The molecule has 1 unspecified atom stereocenters. The summed E-state index contributed by atoms with van der Waals surface area (Å²) in [6, 6.07) is 14.5. The summed E-state index contributed by atoms with van der Waals surface area (Å²) in [4.78, 5) is 24.1. The third-order valence-corrected chi connectivity index (χ3v) is 3.85. The number of carbonyl (C=O) groups is 2. The molecule has 26 heavy (non-hydrogen) atoms. The average molecular weight is 356 g/mol. The van der Waals surface area contributed by atoms with Crippen molar-refractivity contribution in [3.05, 3.63) is 59.7 Å². The number of carbonyl (C=O) groups excluding carboxylic acids is 2. The Morgan fingerprint density at radius 1 is 1.12 bits per heavy atom. The van der Waals surface area contributed by atoms with Gasteiger partial charge in [-0.2, -0.15) is 0 Å². The van der Waals surface area contributed by atoms with Crippen LogP contribution in [0.4, 0.5) is 5.69 Å². The number of ether oxygens (including phenoxy) is 2. The highest BCUT2D eigenvalue weighted by molar-refractivity contribution is 5.97. The van der Waals surface area contributed by atoms with Gasteiger partial charge in [0.2, 0.25) is 5.91 Å². The Morgan fingerprint density at radius 2 is 1.85 bits per heavy atom. The molecule has 2 N–H and O–H groups in total. The predicted octanol–water partition coefficient (Wildman–Crippen LogP) is 2.85. The van der Waals surface area contributed by atoms with Gasteiger partial charge < -0.3 is 20.1 Å². The van der Waals surface area contributed by atoms with Crippen LogP contribution in [0.25, 0.3) is 0 Å². The molecule has 2 rings (SSSR count). The Kier molecular flexibility index (Phi) is 7.17. The summed E-state index contributed by atoms with van der Waals surface area (Å²) < 4.78 is 10.6. The first-order valence-electron chi connectivity index (χ1n) is 8.39. The van der Waals surface area contributed by atoms with E-state index in [0.29, 0.717) is 30.2 Å². The minimum Gasteiger partial charge on any atom is -0.487 e. The van der Waals surface area contributed by atoms with Crippen LogP contribution in [-0.2, 0) is 16.1 Å². The summed E-state index contributed by atoms with van der Waals surface area (Å²) in [5, 5.41) is 5.81. The predicted molar refractivity (Wildman–Crippen MR) is 100 cm³/mol. The van der Waals surface area contributed by atoms with Crippen LogP contribution in [-0.4, -0.2) is 32.6 Å². The first-order valence-corrected chi connectivity index (χ1v) is 8.39. The van der Waals surface area contributed by atoms with Crippen LogP contribution in [0.1, 0.15) is 22.8 Å². The fourth-order valence-corrected chi connectivity index (χ4v) is 2.39. The Bertz CT molecular complexity index is 747. The highest BCUT2D eigenvalue weighted by atomic mass is 16.5. The van der Waals surface area contributed by atoms with Gasteiger partial charge in [-0.15, -0.1) is 0 Å². The van der Waals surface area contributed by atoms with E-state index in [1.54, 1.807) is 25.2 Å². The molecule has 0 heterocycles. The third kappa shape index (κ3) is 5.32. The normalized spacial score (nSPS) is 11.5. The van der Waals surface area contributed by atoms with E-state index < -0.39 is 5.97 Å². The number of rotatable bonds is 8. The molecule has 0 aromatic heterocycles. The molecular weight excluding hydrogens is 332 g/mol. The number of esters is 1. The second kappa shape index (κ2) is 9.58. The van der Waals surface area contributed by atoms with Crippen molar-refractivity contribution in [2.45, 2.75) is 13.5 Å². The molecule has 0 aliphatic heterocycles. The molecule has 0 aliphatic carbocycles. The van der Waals surface area contributed by atoms with Gasteiger partial charge in [0.05, 0.1) is 18.4 Å². The van der Waals surface area contributed by atoms with Gasteiger partial charge in [-0.3, -0.25) is 4.79 Å². The van der Waals surface area contributed by atoms with Crippen LogP contribution in [0.5, 0.6) is 5.75 Å². The number of methoxy groups -OCH3 is 1. The quantitative estimate of drug-likeness (QED) is 0.711. The van der Waals surface area contributed by atoms with Crippen molar-refractivity contribution >= 4 is 17.6 Å². The zero-order chi connectivity index (χ0) is 18.9. The van der Waals surface area contributed by atoms with Gasteiger partial charge in [-0.25, -0.2) is 4.79 Å². The average Bonchev–Trinajstić information content (AvgIpc) is 2.67. The Morgan fingerprint density at radius 3 is 2.50 bits per heavy atom. The number of hydrogen-bond donors (Lipinski definition) is 2. The van der Waals surface area contributed by atoms with Gasteiger partial charge in [0, 0.05) is 12.5 Å². The summed E-state index contributed by atoms with van der Waals surface area (Å²) in [6.45, 7) is 2.72. The van der Waals surface area contributed by atoms with Crippen molar-refractivity contribution in [1.29, 1.82) is 0 Å². The van der Waals surface area contributed by atoms with Gasteiger partial charge >= 0.3 is 5.97 Å². The second-order valence-corrected chi connectivity index (χ2v) is 5.92. The van der Waals surface area contributed by atoms with Gasteiger partial charge in [-0.05, 0) is 30.8 Å². The standard InChI is InChI=1S/C20H24N2O4/c1-14(12-21-2)19(23)22-17-11-16(20(24)25-3)9-10-18(17)26-13-15-7-5-4-6-8-15/h4-11,14,21H,12-13H2,1-3H3,(H,22,23). The summed E-state index contributed by atoms with van der Waals surface area (Å²) in [6.07, 6.45) is 0. The second-order valence-electron chi connectivity index (χ2n) is 5.92. The Hall–Kier alpha value is -2.86. The molecule has 2 aromatic carbocycles. The first kappa shape index (κ1) is 19.5. The smallest absolute Gasteiger partial charge is 0.337 e. The summed E-state index contributed by atoms with van der Waals surface area (Å²) >= 11 is 0. The van der Waals surface area contributed by atoms with Gasteiger partial charge in [-0.1, -0.05) is 37.3 Å². The van der Waals surface area contributed by atoms with Gasteiger partial charge in [0.25, 0.3) is 0 Å². The van der Waals surface area contributed by atoms with Crippen LogP contribution >= 0.6 is 0 Å². The molecule has 6 heteroatoms. The maximum absolute atomic E-state index is 12.4. The minimum absolute atomic E-state index is 0.161. The highest BCUT2D eigenvalue weighted by Gasteiger charge is 2.17. The molecule has 0 spiro atoms. The van der Waals surface area contributed by atoms with Crippen LogP contribution < -0.4 is 15.4 Å². The van der Waals surface area contributed by atoms with Gasteiger partial charge in [0.1, 0.15) is 12.4 Å². The molecule has 138 valence electrons. The lowest BCUT2D eigenvalue weighted by molar-refractivity contribution is -0.119. The van der Waals surface area contributed by atoms with E-state index in [4.69, 9.17) is 9.47 Å². The van der Waals surface area contributed by atoms with E-state index >= 15 is 0 Å². The van der Waals surface area contributed by atoms with Crippen molar-refractivity contribution in [2.75, 3.05) is 26.0 Å². The van der Waals surface area contributed by atoms with Gasteiger partial charge in [0.15, 0.2) is 0 Å². The fraction of sp³-hybridized carbons (Fsp3) is 0.300. The lowest BCUT2D eigenvalue weighted by Crippen LogP contribution is -2.28. The zero-order valence-corrected chi connectivity index (χ0v) is 15.2. The molecule has 6 nitrogen and oxygen atoms in total. The van der Waals surface area contributed by atoms with E-state index in [-0.39, 0.29) is 11.8 Å². The largest absolute Gasteiger partial charge is 0.487 e. The molecule has 0 bridgehead atoms. The van der Waals surface area contributed by atoms with E-state index in [2.05, 4.69) is 10.6 Å². The monoisotopic (exact) mass is 356 g/mol. The molecule has 1 atom stereocenters. The summed E-state index contributed by atoms with van der Waals surface area (Å²) in [5.74, 6) is -0.375. The molecule has 0 fully saturated rings. The van der Waals surface area contributed by atoms with Crippen LogP contribution in [0, 0.1) is 5.92 Å². The van der Waals surface area contributed by atoms with Crippen LogP contribution in [0.15, 0.2) is 48.5 Å². The van der Waals surface area contributed by atoms with E-state index in [1.165, 1.54) is 7.11 Å². The Labute approximate surface area is 153 Å². The summed E-state index contributed by atoms with van der Waals surface area (Å²) in [5.41, 5.74) is 1.79. The number of hydrogen-bond acceptors (Lipinski definition) is 5. The van der Waals surface area contributed by atoms with E-state index in [9.17, 15) is 9.59 Å². The molecule has 0 saturated carbocycles. The van der Waals surface area contributed by atoms with Crippen LogP contribution in [0.3, 0.4) is 0 Å². The van der Waals surface area contributed by atoms with Crippen molar-refractivity contribution in [3.63, 3.8) is 0 Å². The number of benzene rings is 2. The van der Waals surface area contributed by atoms with E-state index in [0.717, 1.165) is 5.56 Å². The first-order chi connectivity index (χ1) is 12.5. The topological polar surface area (TPSA) is 76.7 Å². The number of nitrogens with one attached hydrogen (secondary N) is 2. The summed E-state index contributed by atoms with van der Waals surface area (Å²) in [7, 11) is 3.10. The molecular formula is C20H24N2O4. The maximum Gasteiger partial charge on any atom is 0.337 e. The molecule has 0 radical (unpaired) electrons. The highest BCUT2D eigenvalue weighted by Crippen LogP contribution is 2.27.